The fourth-order valence-electron chi connectivity index (χ4n) is 4.57. The normalized spacial score (nSPS) is 15.1. The van der Waals surface area contributed by atoms with E-state index < -0.39 is 17.5 Å². The number of amides is 2. The van der Waals surface area contributed by atoms with E-state index in [2.05, 4.69) is 32.2 Å². The lowest BCUT2D eigenvalue weighted by Crippen LogP contribution is -2.46. The van der Waals surface area contributed by atoms with Crippen LogP contribution in [-0.4, -0.2) is 51.9 Å². The smallest absolute Gasteiger partial charge is 0.412 e. The Balaban J connectivity index is 1.49. The number of carbonyl (C=O) groups excluding carboxylic acids is 2. The molecule has 1 aromatic carbocycles. The molecule has 0 saturated carbocycles. The van der Waals surface area contributed by atoms with Gasteiger partial charge in [0.1, 0.15) is 5.56 Å². The zero-order chi connectivity index (χ0) is 25.7. The minimum atomic E-state index is -0.755. The summed E-state index contributed by atoms with van der Waals surface area (Å²) in [5.74, 6) is -0.701. The predicted molar refractivity (Wildman–Crippen MR) is 134 cm³/mol. The van der Waals surface area contributed by atoms with Crippen molar-refractivity contribution in [2.75, 3.05) is 25.5 Å². The van der Waals surface area contributed by atoms with Crippen LogP contribution >= 0.6 is 0 Å². The van der Waals surface area contributed by atoms with Crippen molar-refractivity contribution in [3.8, 4) is 17.3 Å². The third-order valence-corrected chi connectivity index (χ3v) is 6.73. The molecule has 0 unspecified atom stereocenters. The molecule has 186 valence electrons. The number of ether oxygens (including phenoxy) is 1. The number of hydrogen-bond donors (Lipinski definition) is 2. The standard InChI is InChI=1S/C26H29N7O3/c1-18-20(8-9-22(29-18)19-6-4-3-5-7-19)16-32-14-11-26(10-13-27,12-15-32)33-17-21(23(28)34)24(31-33)30-25(35)36-2/h3-9,17H,10-12,14-16H2,1-2H3,(H2,28,34)(H,30,31,35). The molecule has 3 aromatic rings. The van der Waals surface area contributed by atoms with Gasteiger partial charge in [-0.15, -0.1) is 0 Å². The van der Waals surface area contributed by atoms with Gasteiger partial charge in [0.2, 0.25) is 0 Å². The number of primary amides is 1. The second-order valence-corrected chi connectivity index (χ2v) is 8.96. The van der Waals surface area contributed by atoms with Gasteiger partial charge in [0, 0.05) is 37.1 Å². The Morgan fingerprint density at radius 2 is 1.92 bits per heavy atom. The lowest BCUT2D eigenvalue weighted by molar-refractivity contribution is 0.0965. The number of nitrogens with zero attached hydrogens (tertiary/aromatic N) is 5. The number of methoxy groups -OCH3 is 1. The number of carbonyl (C=O) groups is 2. The first-order valence-electron chi connectivity index (χ1n) is 11.7. The van der Waals surface area contributed by atoms with E-state index in [1.807, 2.05) is 43.3 Å². The van der Waals surface area contributed by atoms with Crippen LogP contribution in [0.5, 0.6) is 0 Å². The molecule has 1 saturated heterocycles. The Kier molecular flexibility index (Phi) is 7.31. The van der Waals surface area contributed by atoms with E-state index in [9.17, 15) is 14.9 Å². The molecule has 1 aliphatic rings. The van der Waals surface area contributed by atoms with Gasteiger partial charge in [0.05, 0.1) is 30.8 Å². The summed E-state index contributed by atoms with van der Waals surface area (Å²) in [5.41, 5.74) is 9.13. The molecule has 0 atom stereocenters. The fraction of sp³-hybridized carbons (Fsp3) is 0.346. The van der Waals surface area contributed by atoms with E-state index in [0.29, 0.717) is 12.8 Å². The third-order valence-electron chi connectivity index (χ3n) is 6.73. The summed E-state index contributed by atoms with van der Waals surface area (Å²) < 4.78 is 6.22. The Morgan fingerprint density at radius 1 is 1.19 bits per heavy atom. The minimum Gasteiger partial charge on any atom is -0.453 e. The number of anilines is 1. The molecule has 0 radical (unpaired) electrons. The van der Waals surface area contributed by atoms with Gasteiger partial charge in [0.25, 0.3) is 5.91 Å². The molecule has 1 aliphatic heterocycles. The maximum absolute atomic E-state index is 11.9. The number of rotatable bonds is 7. The lowest BCUT2D eigenvalue weighted by Gasteiger charge is -2.40. The van der Waals surface area contributed by atoms with Crippen LogP contribution in [-0.2, 0) is 16.8 Å². The summed E-state index contributed by atoms with van der Waals surface area (Å²) in [5, 5.41) is 16.4. The monoisotopic (exact) mass is 487 g/mol. The van der Waals surface area contributed by atoms with Gasteiger partial charge in [-0.2, -0.15) is 10.4 Å². The molecular weight excluding hydrogens is 458 g/mol. The van der Waals surface area contributed by atoms with E-state index in [1.54, 1.807) is 4.68 Å². The van der Waals surface area contributed by atoms with Crippen LogP contribution in [0.25, 0.3) is 11.3 Å². The van der Waals surface area contributed by atoms with Crippen molar-refractivity contribution in [3.05, 3.63) is 65.5 Å². The first-order valence-corrected chi connectivity index (χ1v) is 11.7. The highest BCUT2D eigenvalue weighted by Crippen LogP contribution is 2.35. The van der Waals surface area contributed by atoms with Crippen LogP contribution in [0.4, 0.5) is 10.6 Å². The number of aryl methyl sites for hydroxylation is 1. The number of piperidine rings is 1. The van der Waals surface area contributed by atoms with E-state index in [4.69, 9.17) is 10.7 Å². The summed E-state index contributed by atoms with van der Waals surface area (Å²) in [6, 6.07) is 16.5. The number of pyridine rings is 1. The molecule has 3 heterocycles. The van der Waals surface area contributed by atoms with Gasteiger partial charge >= 0.3 is 6.09 Å². The minimum absolute atomic E-state index is 0.0225. The van der Waals surface area contributed by atoms with Crippen molar-refractivity contribution < 1.29 is 14.3 Å². The highest BCUT2D eigenvalue weighted by molar-refractivity contribution is 6.00. The van der Waals surface area contributed by atoms with Crippen LogP contribution < -0.4 is 11.1 Å². The maximum atomic E-state index is 11.9. The molecule has 2 aromatic heterocycles. The van der Waals surface area contributed by atoms with Crippen molar-refractivity contribution >= 4 is 17.8 Å². The molecule has 4 rings (SSSR count). The van der Waals surface area contributed by atoms with Crippen molar-refractivity contribution in [2.24, 2.45) is 5.73 Å². The van der Waals surface area contributed by atoms with Gasteiger partial charge in [-0.3, -0.25) is 24.7 Å². The molecule has 36 heavy (non-hydrogen) atoms. The van der Waals surface area contributed by atoms with Gasteiger partial charge in [-0.25, -0.2) is 4.79 Å². The lowest BCUT2D eigenvalue weighted by atomic mass is 9.84. The number of hydrogen-bond acceptors (Lipinski definition) is 7. The molecule has 10 nitrogen and oxygen atoms in total. The van der Waals surface area contributed by atoms with Crippen LogP contribution in [0, 0.1) is 18.3 Å². The van der Waals surface area contributed by atoms with Crippen LogP contribution in [0.3, 0.4) is 0 Å². The van der Waals surface area contributed by atoms with Crippen molar-refractivity contribution in [2.45, 2.75) is 38.3 Å². The summed E-state index contributed by atoms with van der Waals surface area (Å²) in [6.07, 6.45) is 2.26. The van der Waals surface area contributed by atoms with Crippen LogP contribution in [0.2, 0.25) is 0 Å². The van der Waals surface area contributed by atoms with Gasteiger partial charge < -0.3 is 10.5 Å². The Bertz CT molecular complexity index is 1290. The van der Waals surface area contributed by atoms with Crippen molar-refractivity contribution in [1.29, 1.82) is 5.26 Å². The van der Waals surface area contributed by atoms with Gasteiger partial charge in [-0.05, 0) is 31.4 Å². The quantitative estimate of drug-likeness (QED) is 0.520. The maximum Gasteiger partial charge on any atom is 0.412 e. The Hall–Kier alpha value is -4.23. The van der Waals surface area contributed by atoms with E-state index >= 15 is 0 Å². The van der Waals surface area contributed by atoms with E-state index in [0.717, 1.165) is 42.1 Å². The van der Waals surface area contributed by atoms with E-state index in [-0.39, 0.29) is 17.8 Å². The zero-order valence-corrected chi connectivity index (χ0v) is 20.4. The molecule has 0 spiro atoms. The van der Waals surface area contributed by atoms with Gasteiger partial charge in [-0.1, -0.05) is 36.4 Å². The SMILES string of the molecule is COC(=O)Nc1nn(C2(CC#N)CCN(Cc3ccc(-c4ccccc4)nc3C)CC2)cc1C(N)=O. The molecule has 3 N–H and O–H groups in total. The number of nitrogens with one attached hydrogen (secondary N) is 1. The zero-order valence-electron chi connectivity index (χ0n) is 20.4. The summed E-state index contributed by atoms with van der Waals surface area (Å²) in [7, 11) is 1.22. The number of likely N-dealkylation sites (tertiary alicyclic amines) is 1. The highest BCUT2D eigenvalue weighted by atomic mass is 16.5. The summed E-state index contributed by atoms with van der Waals surface area (Å²) in [4.78, 5) is 30.8. The fourth-order valence-corrected chi connectivity index (χ4v) is 4.57. The van der Waals surface area contributed by atoms with Gasteiger partial charge in [0.15, 0.2) is 5.82 Å². The van der Waals surface area contributed by atoms with Crippen LogP contribution in [0.1, 0.15) is 40.9 Å². The number of benzene rings is 1. The van der Waals surface area contributed by atoms with Crippen molar-refractivity contribution in [1.82, 2.24) is 19.7 Å². The largest absolute Gasteiger partial charge is 0.453 e. The first-order chi connectivity index (χ1) is 17.3. The summed E-state index contributed by atoms with van der Waals surface area (Å²) in [6.45, 7) is 4.23. The Morgan fingerprint density at radius 3 is 2.53 bits per heavy atom. The van der Waals surface area contributed by atoms with Crippen molar-refractivity contribution in [3.63, 3.8) is 0 Å². The number of nitriles is 1. The van der Waals surface area contributed by atoms with E-state index in [1.165, 1.54) is 13.3 Å². The second kappa shape index (κ2) is 10.6. The molecular formula is C26H29N7O3. The number of nitrogens with two attached hydrogens (primary N) is 1. The average Bonchev–Trinajstić information content (AvgIpc) is 3.32. The Labute approximate surface area is 209 Å². The third kappa shape index (κ3) is 5.21. The van der Waals surface area contributed by atoms with Crippen LogP contribution in [0.15, 0.2) is 48.7 Å². The molecule has 0 bridgehead atoms. The molecule has 10 heteroatoms. The summed E-state index contributed by atoms with van der Waals surface area (Å²) >= 11 is 0. The topological polar surface area (TPSA) is 139 Å². The second-order valence-electron chi connectivity index (χ2n) is 8.96. The predicted octanol–water partition coefficient (Wildman–Crippen LogP) is 3.44. The number of aromatic nitrogens is 3. The molecule has 2 amide bonds. The average molecular weight is 488 g/mol. The first kappa shape index (κ1) is 24.9. The molecule has 1 fully saturated rings. The molecule has 0 aliphatic carbocycles. The highest BCUT2D eigenvalue weighted by Gasteiger charge is 2.38.